The molecule has 3 rings (SSSR count). The van der Waals surface area contributed by atoms with E-state index in [-0.39, 0.29) is 0 Å². The first-order chi connectivity index (χ1) is 11.6. The van der Waals surface area contributed by atoms with Gasteiger partial charge in [-0.2, -0.15) is 0 Å². The number of thiazole rings is 1. The van der Waals surface area contributed by atoms with Gasteiger partial charge in [-0.3, -0.25) is 0 Å². The molecule has 2 aromatic carbocycles. The molecule has 0 bridgehead atoms. The van der Waals surface area contributed by atoms with E-state index >= 15 is 0 Å². The van der Waals surface area contributed by atoms with E-state index in [1.165, 1.54) is 11.3 Å². The van der Waals surface area contributed by atoms with Crippen molar-refractivity contribution in [2.45, 2.75) is 13.8 Å². The van der Waals surface area contributed by atoms with Crippen LogP contribution in [0.1, 0.15) is 28.5 Å². The summed E-state index contributed by atoms with van der Waals surface area (Å²) in [5.74, 6) is -0.479. The Kier molecular flexibility index (Phi) is 4.82. The number of hydrogen-bond acceptors (Lipinski definition) is 5. The first-order valence-corrected chi connectivity index (χ1v) is 8.35. The molecule has 0 aliphatic heterocycles. The quantitative estimate of drug-likeness (QED) is 0.394. The molecule has 4 nitrogen and oxygen atoms in total. The van der Waals surface area contributed by atoms with Crippen molar-refractivity contribution in [3.63, 3.8) is 0 Å². The Morgan fingerprint density at radius 2 is 1.79 bits per heavy atom. The lowest BCUT2D eigenvalue weighted by Gasteiger charge is -2.00. The maximum Gasteiger partial charge on any atom is 0.365 e. The molecule has 0 N–H and O–H groups in total. The van der Waals surface area contributed by atoms with Crippen molar-refractivity contribution in [3.8, 4) is 10.6 Å². The van der Waals surface area contributed by atoms with E-state index in [1.807, 2.05) is 54.8 Å². The molecule has 0 fully saturated rings. The van der Waals surface area contributed by atoms with Crippen molar-refractivity contribution >= 4 is 23.0 Å². The Morgan fingerprint density at radius 3 is 2.50 bits per heavy atom. The molecular weight excluding hydrogens is 320 g/mol. The fourth-order valence-electron chi connectivity index (χ4n) is 2.05. The molecule has 1 heterocycles. The zero-order chi connectivity index (χ0) is 16.9. The van der Waals surface area contributed by atoms with Gasteiger partial charge in [-0.25, -0.2) is 9.78 Å². The number of nitrogens with zero attached hydrogens (tertiary/aromatic N) is 2. The van der Waals surface area contributed by atoms with Gasteiger partial charge in [-0.05, 0) is 26.0 Å². The molecule has 0 unspecified atom stereocenters. The van der Waals surface area contributed by atoms with Crippen molar-refractivity contribution in [2.75, 3.05) is 0 Å². The highest BCUT2D eigenvalue weighted by molar-refractivity contribution is 7.13. The maximum absolute atomic E-state index is 12.0. The number of rotatable bonds is 4. The first-order valence-electron chi connectivity index (χ1n) is 7.47. The van der Waals surface area contributed by atoms with Crippen molar-refractivity contribution in [1.29, 1.82) is 0 Å². The molecule has 0 saturated carbocycles. The summed E-state index contributed by atoms with van der Waals surface area (Å²) in [6.07, 6.45) is 0. The zero-order valence-electron chi connectivity index (χ0n) is 13.4. The summed E-state index contributed by atoms with van der Waals surface area (Å²) in [6, 6.07) is 17.1. The lowest BCUT2D eigenvalue weighted by atomic mass is 10.2. The fraction of sp³-hybridized carbons (Fsp3) is 0.105. The van der Waals surface area contributed by atoms with Crippen LogP contribution in [0.25, 0.3) is 10.6 Å². The van der Waals surface area contributed by atoms with Crippen molar-refractivity contribution in [2.24, 2.45) is 5.16 Å². The van der Waals surface area contributed by atoms with Gasteiger partial charge in [0.15, 0.2) is 0 Å². The predicted molar refractivity (Wildman–Crippen MR) is 96.4 cm³/mol. The number of aromatic nitrogens is 1. The Balaban J connectivity index is 1.71. The molecule has 5 heteroatoms. The molecule has 0 aliphatic rings. The smallest absolute Gasteiger partial charge is 0.312 e. The summed E-state index contributed by atoms with van der Waals surface area (Å²) in [6.45, 7) is 3.73. The van der Waals surface area contributed by atoms with Crippen LogP contribution in [0, 0.1) is 6.92 Å². The minimum atomic E-state index is -0.479. The van der Waals surface area contributed by atoms with Crippen LogP contribution in [0.2, 0.25) is 0 Å². The molecule has 0 atom stereocenters. The molecule has 1 aromatic heterocycles. The predicted octanol–water partition coefficient (Wildman–Crippen LogP) is 4.70. The van der Waals surface area contributed by atoms with E-state index in [1.54, 1.807) is 19.1 Å². The summed E-state index contributed by atoms with van der Waals surface area (Å²) in [5, 5.41) is 6.72. The highest BCUT2D eigenvalue weighted by Crippen LogP contribution is 2.23. The Bertz CT molecular complexity index is 868. The van der Waals surface area contributed by atoms with E-state index in [0.29, 0.717) is 17.0 Å². The van der Waals surface area contributed by atoms with Crippen molar-refractivity contribution in [3.05, 3.63) is 76.8 Å². The summed E-state index contributed by atoms with van der Waals surface area (Å²) in [7, 11) is 0. The minimum Gasteiger partial charge on any atom is -0.312 e. The standard InChI is InChI=1S/C19H16N2O2S/c1-13-8-10-16(11-9-13)19(22)23-21-14(2)17-12-24-18(20-17)15-6-4-3-5-7-15/h3-12H,1-2H3. The number of benzene rings is 2. The molecule has 0 aliphatic carbocycles. The second kappa shape index (κ2) is 7.19. The molecule has 24 heavy (non-hydrogen) atoms. The Hall–Kier alpha value is -2.79. The van der Waals surface area contributed by atoms with E-state index in [4.69, 9.17) is 4.84 Å². The van der Waals surface area contributed by atoms with E-state index < -0.39 is 5.97 Å². The number of oxime groups is 1. The molecule has 120 valence electrons. The zero-order valence-corrected chi connectivity index (χ0v) is 14.2. The lowest BCUT2D eigenvalue weighted by molar-refractivity contribution is 0.0516. The maximum atomic E-state index is 12.0. The number of aryl methyl sites for hydroxylation is 1. The second-order valence-corrected chi connectivity index (χ2v) is 6.18. The van der Waals surface area contributed by atoms with Crippen LogP contribution in [0.4, 0.5) is 0 Å². The first kappa shape index (κ1) is 16.1. The van der Waals surface area contributed by atoms with Gasteiger partial charge in [0, 0.05) is 10.9 Å². The number of carbonyl (C=O) groups is 1. The van der Waals surface area contributed by atoms with E-state index in [9.17, 15) is 4.79 Å². The van der Waals surface area contributed by atoms with Gasteiger partial charge in [0.1, 0.15) is 10.7 Å². The molecule has 0 radical (unpaired) electrons. The fourth-order valence-corrected chi connectivity index (χ4v) is 2.92. The van der Waals surface area contributed by atoms with Gasteiger partial charge in [-0.1, -0.05) is 53.2 Å². The number of carbonyl (C=O) groups excluding carboxylic acids is 1. The SMILES string of the molecule is CC(=NOC(=O)c1ccc(C)cc1)c1csc(-c2ccccc2)n1. The Morgan fingerprint density at radius 1 is 1.08 bits per heavy atom. The van der Waals surface area contributed by atoms with Crippen LogP contribution in [0.5, 0.6) is 0 Å². The molecule has 0 spiro atoms. The second-order valence-electron chi connectivity index (χ2n) is 5.33. The van der Waals surface area contributed by atoms with Gasteiger partial charge in [0.25, 0.3) is 0 Å². The third-order valence-corrected chi connectivity index (χ3v) is 4.34. The minimum absolute atomic E-state index is 0.473. The van der Waals surface area contributed by atoms with E-state index in [2.05, 4.69) is 10.1 Å². The molecule has 0 saturated heterocycles. The summed E-state index contributed by atoms with van der Waals surface area (Å²) in [4.78, 5) is 21.5. The van der Waals surface area contributed by atoms with Crippen LogP contribution in [0.3, 0.4) is 0 Å². The number of hydrogen-bond donors (Lipinski definition) is 0. The van der Waals surface area contributed by atoms with Crippen LogP contribution >= 0.6 is 11.3 Å². The van der Waals surface area contributed by atoms with Crippen molar-refractivity contribution in [1.82, 2.24) is 4.98 Å². The van der Waals surface area contributed by atoms with Gasteiger partial charge in [0.05, 0.1) is 11.3 Å². The lowest BCUT2D eigenvalue weighted by Crippen LogP contribution is -2.04. The normalized spacial score (nSPS) is 11.3. The molecular formula is C19H16N2O2S. The van der Waals surface area contributed by atoms with Crippen molar-refractivity contribution < 1.29 is 9.63 Å². The van der Waals surface area contributed by atoms with Crippen LogP contribution in [-0.2, 0) is 4.84 Å². The summed E-state index contributed by atoms with van der Waals surface area (Å²) >= 11 is 1.53. The molecule has 0 amide bonds. The van der Waals surface area contributed by atoms with Crippen LogP contribution in [0.15, 0.2) is 65.1 Å². The van der Waals surface area contributed by atoms with E-state index in [0.717, 1.165) is 16.1 Å². The third kappa shape index (κ3) is 3.75. The van der Waals surface area contributed by atoms with Gasteiger partial charge in [0.2, 0.25) is 0 Å². The topological polar surface area (TPSA) is 51.5 Å². The largest absolute Gasteiger partial charge is 0.365 e. The highest BCUT2D eigenvalue weighted by Gasteiger charge is 2.10. The van der Waals surface area contributed by atoms with Gasteiger partial charge in [-0.15, -0.1) is 11.3 Å². The monoisotopic (exact) mass is 336 g/mol. The average Bonchev–Trinajstić information content (AvgIpc) is 3.11. The molecule has 3 aromatic rings. The summed E-state index contributed by atoms with van der Waals surface area (Å²) < 4.78 is 0. The third-order valence-electron chi connectivity index (χ3n) is 3.45. The van der Waals surface area contributed by atoms with Gasteiger partial charge < -0.3 is 4.84 Å². The van der Waals surface area contributed by atoms with Crippen LogP contribution in [-0.4, -0.2) is 16.7 Å². The summed E-state index contributed by atoms with van der Waals surface area (Å²) in [5.41, 5.74) is 3.88. The van der Waals surface area contributed by atoms with Gasteiger partial charge >= 0.3 is 5.97 Å². The van der Waals surface area contributed by atoms with Crippen LogP contribution < -0.4 is 0 Å². The average molecular weight is 336 g/mol. The Labute approximate surface area is 144 Å². The highest BCUT2D eigenvalue weighted by atomic mass is 32.1.